The summed E-state index contributed by atoms with van der Waals surface area (Å²) < 4.78 is 7.87. The van der Waals surface area contributed by atoms with Crippen molar-refractivity contribution in [3.63, 3.8) is 0 Å². The zero-order chi connectivity index (χ0) is 19.7. The van der Waals surface area contributed by atoms with Gasteiger partial charge in [0.05, 0.1) is 12.2 Å². The molecule has 1 aromatic carbocycles. The van der Waals surface area contributed by atoms with Gasteiger partial charge in [-0.25, -0.2) is 0 Å². The van der Waals surface area contributed by atoms with Gasteiger partial charge in [-0.1, -0.05) is 18.2 Å². The third-order valence-corrected chi connectivity index (χ3v) is 6.11. The quantitative estimate of drug-likeness (QED) is 0.858. The molecule has 152 valence electrons. The van der Waals surface area contributed by atoms with Crippen molar-refractivity contribution in [3.8, 4) is 0 Å². The molecule has 2 fully saturated rings. The molecule has 3 heterocycles. The fraction of sp³-hybridized carbons (Fsp3) is 0.591. The van der Waals surface area contributed by atoms with E-state index < -0.39 is 0 Å². The number of carbonyl (C=O) groups is 1. The second-order valence-electron chi connectivity index (χ2n) is 8.48. The average Bonchev–Trinajstić information content (AvgIpc) is 2.98. The number of piperidine rings is 1. The third kappa shape index (κ3) is 4.24. The lowest BCUT2D eigenvalue weighted by molar-refractivity contribution is -0.118. The minimum absolute atomic E-state index is 0.232. The number of fused-ring (bicyclic) bond motifs is 1. The van der Waals surface area contributed by atoms with Crippen LogP contribution in [0.3, 0.4) is 0 Å². The minimum atomic E-state index is -0.304. The Morgan fingerprint density at radius 3 is 2.50 bits per heavy atom. The Bertz CT molecular complexity index is 815. The van der Waals surface area contributed by atoms with Crippen molar-refractivity contribution in [2.45, 2.75) is 58.0 Å². The van der Waals surface area contributed by atoms with Crippen molar-refractivity contribution in [1.29, 1.82) is 0 Å². The highest BCUT2D eigenvalue weighted by Gasteiger charge is 2.30. The van der Waals surface area contributed by atoms with Crippen LogP contribution in [-0.2, 0) is 22.6 Å². The second-order valence-corrected chi connectivity index (χ2v) is 8.48. The topological polar surface area (TPSA) is 63.7 Å². The van der Waals surface area contributed by atoms with Crippen molar-refractivity contribution in [1.82, 2.24) is 14.4 Å². The summed E-state index contributed by atoms with van der Waals surface area (Å²) in [5.74, 6) is -0.304. The molecule has 2 N–H and O–H groups in total. The van der Waals surface area contributed by atoms with Gasteiger partial charge in [-0.3, -0.25) is 14.6 Å². The first-order valence-corrected chi connectivity index (χ1v) is 10.5. The molecule has 6 heteroatoms. The molecule has 2 aromatic rings. The Morgan fingerprint density at radius 1 is 1.14 bits per heavy atom. The first kappa shape index (κ1) is 19.4. The lowest BCUT2D eigenvalue weighted by Gasteiger charge is -2.43. The molecule has 28 heavy (non-hydrogen) atoms. The van der Waals surface area contributed by atoms with E-state index >= 15 is 0 Å². The molecule has 2 aliphatic rings. The number of primary amides is 1. The maximum atomic E-state index is 11.4. The summed E-state index contributed by atoms with van der Waals surface area (Å²) in [6, 6.07) is 8.95. The Morgan fingerprint density at radius 2 is 1.82 bits per heavy atom. The number of para-hydroxylation sites is 1. The number of likely N-dealkylation sites (tertiary alicyclic amines) is 1. The van der Waals surface area contributed by atoms with Gasteiger partial charge in [0.25, 0.3) is 0 Å². The standard InChI is InChI=1S/C22H32N4O2/c1-16-11-25(12-17(2)28-16)19-7-9-24(10-8-19)13-18-14-26(15-22(23)27)21-6-4-3-5-20(18)21/h3-6,14,16-17,19H,7-13,15H2,1-2H3,(H2,23,27). The average molecular weight is 385 g/mol. The van der Waals surface area contributed by atoms with E-state index in [1.165, 1.54) is 23.8 Å². The van der Waals surface area contributed by atoms with Crippen LogP contribution in [-0.4, -0.2) is 64.7 Å². The monoisotopic (exact) mass is 384 g/mol. The van der Waals surface area contributed by atoms with E-state index in [1.807, 2.05) is 10.6 Å². The van der Waals surface area contributed by atoms with E-state index in [2.05, 4.69) is 48.0 Å². The molecule has 0 saturated carbocycles. The fourth-order valence-electron chi connectivity index (χ4n) is 4.95. The zero-order valence-electron chi connectivity index (χ0n) is 17.0. The van der Waals surface area contributed by atoms with Crippen LogP contribution < -0.4 is 5.73 Å². The molecule has 0 spiro atoms. The van der Waals surface area contributed by atoms with Crippen LogP contribution in [0.5, 0.6) is 0 Å². The Kier molecular flexibility index (Phi) is 5.71. The highest BCUT2D eigenvalue weighted by Crippen LogP contribution is 2.26. The van der Waals surface area contributed by atoms with Gasteiger partial charge in [-0.05, 0) is 51.4 Å². The lowest BCUT2D eigenvalue weighted by atomic mass is 10.0. The Hall–Kier alpha value is -1.89. The first-order valence-electron chi connectivity index (χ1n) is 10.5. The number of nitrogens with zero attached hydrogens (tertiary/aromatic N) is 3. The molecular formula is C22H32N4O2. The molecule has 6 nitrogen and oxygen atoms in total. The number of hydrogen-bond donors (Lipinski definition) is 1. The van der Waals surface area contributed by atoms with Crippen molar-refractivity contribution in [2.24, 2.45) is 5.73 Å². The van der Waals surface area contributed by atoms with Crippen LogP contribution in [0.2, 0.25) is 0 Å². The lowest BCUT2D eigenvalue weighted by Crippen LogP contribution is -2.53. The molecule has 0 radical (unpaired) electrons. The molecule has 1 amide bonds. The Labute approximate surface area is 167 Å². The largest absolute Gasteiger partial charge is 0.373 e. The summed E-state index contributed by atoms with van der Waals surface area (Å²) in [5.41, 5.74) is 7.80. The van der Waals surface area contributed by atoms with Crippen LogP contribution in [0.4, 0.5) is 0 Å². The molecule has 4 rings (SSSR count). The van der Waals surface area contributed by atoms with E-state index in [0.29, 0.717) is 18.2 Å². The third-order valence-electron chi connectivity index (χ3n) is 6.11. The number of carbonyl (C=O) groups excluding carboxylic acids is 1. The maximum Gasteiger partial charge on any atom is 0.237 e. The molecule has 1 aromatic heterocycles. The highest BCUT2D eigenvalue weighted by atomic mass is 16.5. The smallest absolute Gasteiger partial charge is 0.237 e. The summed E-state index contributed by atoms with van der Waals surface area (Å²) >= 11 is 0. The summed E-state index contributed by atoms with van der Waals surface area (Å²) in [5, 5.41) is 1.22. The van der Waals surface area contributed by atoms with Crippen molar-refractivity contribution >= 4 is 16.8 Å². The highest BCUT2D eigenvalue weighted by molar-refractivity contribution is 5.85. The van der Waals surface area contributed by atoms with Crippen molar-refractivity contribution in [3.05, 3.63) is 36.0 Å². The number of hydrogen-bond acceptors (Lipinski definition) is 4. The fourth-order valence-corrected chi connectivity index (χ4v) is 4.95. The van der Waals surface area contributed by atoms with E-state index in [4.69, 9.17) is 10.5 Å². The van der Waals surface area contributed by atoms with Crippen LogP contribution in [0.15, 0.2) is 30.5 Å². The summed E-state index contributed by atoms with van der Waals surface area (Å²) in [6.45, 7) is 9.84. The number of aromatic nitrogens is 1. The van der Waals surface area contributed by atoms with Gasteiger partial charge in [0.15, 0.2) is 0 Å². The maximum absolute atomic E-state index is 11.4. The molecular weight excluding hydrogens is 352 g/mol. The Balaban J connectivity index is 1.40. The molecule has 2 aliphatic heterocycles. The van der Waals surface area contributed by atoms with E-state index in [0.717, 1.165) is 38.2 Å². The predicted octanol–water partition coefficient (Wildman–Crippen LogP) is 2.20. The first-order chi connectivity index (χ1) is 13.5. The van der Waals surface area contributed by atoms with Crippen molar-refractivity contribution < 1.29 is 9.53 Å². The van der Waals surface area contributed by atoms with Crippen molar-refractivity contribution in [2.75, 3.05) is 26.2 Å². The van der Waals surface area contributed by atoms with E-state index in [1.54, 1.807) is 0 Å². The predicted molar refractivity (Wildman–Crippen MR) is 111 cm³/mol. The van der Waals surface area contributed by atoms with Gasteiger partial charge < -0.3 is 15.0 Å². The normalized spacial score (nSPS) is 25.4. The van der Waals surface area contributed by atoms with Gasteiger partial charge >= 0.3 is 0 Å². The van der Waals surface area contributed by atoms with Crippen LogP contribution >= 0.6 is 0 Å². The molecule has 0 aliphatic carbocycles. The van der Waals surface area contributed by atoms with Crippen LogP contribution in [0, 0.1) is 0 Å². The van der Waals surface area contributed by atoms with Gasteiger partial charge in [-0.15, -0.1) is 0 Å². The molecule has 2 saturated heterocycles. The van der Waals surface area contributed by atoms with Gasteiger partial charge in [0.1, 0.15) is 6.54 Å². The molecule has 2 atom stereocenters. The summed E-state index contributed by atoms with van der Waals surface area (Å²) in [7, 11) is 0. The van der Waals surface area contributed by atoms with Gasteiger partial charge in [0, 0.05) is 42.8 Å². The van der Waals surface area contributed by atoms with E-state index in [-0.39, 0.29) is 12.5 Å². The second kappa shape index (κ2) is 8.23. The summed E-state index contributed by atoms with van der Waals surface area (Å²) in [4.78, 5) is 16.6. The SMILES string of the molecule is CC1CN(C2CCN(Cc3cn(CC(N)=O)c4ccccc34)CC2)CC(C)O1. The number of ether oxygens (including phenoxy) is 1. The zero-order valence-corrected chi connectivity index (χ0v) is 17.0. The number of benzene rings is 1. The number of nitrogens with two attached hydrogens (primary N) is 1. The molecule has 2 unspecified atom stereocenters. The van der Waals surface area contributed by atoms with Gasteiger partial charge in [0.2, 0.25) is 5.91 Å². The number of morpholine rings is 1. The van der Waals surface area contributed by atoms with Crippen LogP contribution in [0.25, 0.3) is 10.9 Å². The molecule has 0 bridgehead atoms. The van der Waals surface area contributed by atoms with E-state index in [9.17, 15) is 4.79 Å². The number of rotatable bonds is 5. The minimum Gasteiger partial charge on any atom is -0.373 e. The van der Waals surface area contributed by atoms with Crippen LogP contribution in [0.1, 0.15) is 32.3 Å². The van der Waals surface area contributed by atoms with Gasteiger partial charge in [-0.2, -0.15) is 0 Å². The number of amides is 1. The summed E-state index contributed by atoms with van der Waals surface area (Å²) in [6.07, 6.45) is 5.18.